The van der Waals surface area contributed by atoms with Gasteiger partial charge in [-0.05, 0) is 24.7 Å². The van der Waals surface area contributed by atoms with Crippen molar-refractivity contribution < 1.29 is 4.79 Å². The van der Waals surface area contributed by atoms with Crippen LogP contribution in [0.15, 0.2) is 12.2 Å². The number of hydrogen-bond donors (Lipinski definition) is 1. The highest BCUT2D eigenvalue weighted by Gasteiger charge is 2.34. The van der Waals surface area contributed by atoms with Crippen LogP contribution in [0.5, 0.6) is 0 Å². The van der Waals surface area contributed by atoms with Crippen molar-refractivity contribution in [2.45, 2.75) is 12.8 Å². The van der Waals surface area contributed by atoms with Crippen molar-refractivity contribution in [3.63, 3.8) is 0 Å². The molecule has 1 aliphatic carbocycles. The molecule has 1 amide bonds. The number of amides is 1. The largest absolute Gasteiger partial charge is 0.341 e. The SMILES string of the molecule is O=C(CS)N1CC2CC=CCC2C1. The zero-order chi connectivity index (χ0) is 9.26. The summed E-state index contributed by atoms with van der Waals surface area (Å²) >= 11 is 4.02. The number of fused-ring (bicyclic) bond motifs is 1. The predicted octanol–water partition coefficient (Wildman–Crippen LogP) is 1.34. The Labute approximate surface area is 84.4 Å². The fourth-order valence-electron chi connectivity index (χ4n) is 2.32. The van der Waals surface area contributed by atoms with E-state index < -0.39 is 0 Å². The second-order valence-electron chi connectivity index (χ2n) is 3.92. The summed E-state index contributed by atoms with van der Waals surface area (Å²) in [5.41, 5.74) is 0. The summed E-state index contributed by atoms with van der Waals surface area (Å²) in [5, 5.41) is 0. The summed E-state index contributed by atoms with van der Waals surface area (Å²) in [4.78, 5) is 13.4. The standard InChI is InChI=1S/C10H15NOS/c12-10(7-13)11-5-8-3-1-2-4-9(8)6-11/h1-2,8-9,13H,3-7H2. The van der Waals surface area contributed by atoms with E-state index in [9.17, 15) is 4.79 Å². The normalized spacial score (nSPS) is 31.9. The Hall–Kier alpha value is -0.440. The minimum Gasteiger partial charge on any atom is -0.341 e. The molecule has 2 aliphatic rings. The fraction of sp³-hybridized carbons (Fsp3) is 0.700. The van der Waals surface area contributed by atoms with Crippen molar-refractivity contribution in [2.24, 2.45) is 11.8 Å². The lowest BCUT2D eigenvalue weighted by molar-refractivity contribution is -0.127. The van der Waals surface area contributed by atoms with Crippen molar-refractivity contribution in [1.82, 2.24) is 4.90 Å². The van der Waals surface area contributed by atoms with E-state index in [1.54, 1.807) is 0 Å². The molecule has 1 fully saturated rings. The molecule has 2 nitrogen and oxygen atoms in total. The number of likely N-dealkylation sites (tertiary alicyclic amines) is 1. The molecule has 0 N–H and O–H groups in total. The molecule has 0 radical (unpaired) electrons. The lowest BCUT2D eigenvalue weighted by Gasteiger charge is -2.17. The van der Waals surface area contributed by atoms with Crippen LogP contribution in [-0.2, 0) is 4.79 Å². The Morgan fingerprint density at radius 3 is 2.31 bits per heavy atom. The van der Waals surface area contributed by atoms with Gasteiger partial charge >= 0.3 is 0 Å². The summed E-state index contributed by atoms with van der Waals surface area (Å²) in [5.74, 6) is 1.98. The van der Waals surface area contributed by atoms with Crippen LogP contribution in [0.1, 0.15) is 12.8 Å². The number of rotatable bonds is 1. The quantitative estimate of drug-likeness (QED) is 0.497. The van der Waals surface area contributed by atoms with Gasteiger partial charge in [0.25, 0.3) is 0 Å². The Balaban J connectivity index is 1.98. The third kappa shape index (κ3) is 1.75. The molecular formula is C10H15NOS. The van der Waals surface area contributed by atoms with Crippen molar-refractivity contribution >= 4 is 18.5 Å². The van der Waals surface area contributed by atoms with Crippen molar-refractivity contribution in [3.8, 4) is 0 Å². The van der Waals surface area contributed by atoms with Crippen molar-refractivity contribution in [1.29, 1.82) is 0 Å². The maximum atomic E-state index is 11.4. The van der Waals surface area contributed by atoms with Gasteiger partial charge < -0.3 is 4.90 Å². The maximum Gasteiger partial charge on any atom is 0.232 e. The van der Waals surface area contributed by atoms with Gasteiger partial charge in [-0.1, -0.05) is 12.2 Å². The van der Waals surface area contributed by atoms with Gasteiger partial charge in [0, 0.05) is 13.1 Å². The first-order valence-electron chi connectivity index (χ1n) is 4.85. The second-order valence-corrected chi connectivity index (χ2v) is 4.24. The highest BCUT2D eigenvalue weighted by molar-refractivity contribution is 7.81. The van der Waals surface area contributed by atoms with Gasteiger partial charge in [-0.2, -0.15) is 12.6 Å². The Kier molecular flexibility index (Phi) is 2.63. The molecule has 2 atom stereocenters. The first-order chi connectivity index (χ1) is 6.31. The van der Waals surface area contributed by atoms with E-state index in [0.717, 1.165) is 25.9 Å². The molecule has 0 bridgehead atoms. The highest BCUT2D eigenvalue weighted by Crippen LogP contribution is 2.32. The van der Waals surface area contributed by atoms with Crippen LogP contribution in [0, 0.1) is 11.8 Å². The van der Waals surface area contributed by atoms with Crippen LogP contribution in [0.3, 0.4) is 0 Å². The van der Waals surface area contributed by atoms with Gasteiger partial charge in [0.15, 0.2) is 0 Å². The summed E-state index contributed by atoms with van der Waals surface area (Å²) in [7, 11) is 0. The first-order valence-corrected chi connectivity index (χ1v) is 5.48. The van der Waals surface area contributed by atoms with Crippen LogP contribution in [0.4, 0.5) is 0 Å². The molecule has 72 valence electrons. The summed E-state index contributed by atoms with van der Waals surface area (Å²) in [6.07, 6.45) is 6.80. The Morgan fingerprint density at radius 2 is 1.85 bits per heavy atom. The lowest BCUT2D eigenvalue weighted by atomic mass is 9.86. The fourth-order valence-corrected chi connectivity index (χ4v) is 2.52. The summed E-state index contributed by atoms with van der Waals surface area (Å²) in [6.45, 7) is 1.91. The van der Waals surface area contributed by atoms with Crippen molar-refractivity contribution in [3.05, 3.63) is 12.2 Å². The van der Waals surface area contributed by atoms with E-state index >= 15 is 0 Å². The van der Waals surface area contributed by atoms with E-state index in [4.69, 9.17) is 0 Å². The molecule has 1 saturated heterocycles. The summed E-state index contributed by atoms with van der Waals surface area (Å²) < 4.78 is 0. The molecule has 0 spiro atoms. The number of carbonyl (C=O) groups excluding carboxylic acids is 1. The number of allylic oxidation sites excluding steroid dienone is 2. The molecule has 2 rings (SSSR count). The average molecular weight is 197 g/mol. The van der Waals surface area contributed by atoms with E-state index in [1.165, 1.54) is 0 Å². The molecule has 2 unspecified atom stereocenters. The molecule has 1 aliphatic heterocycles. The van der Waals surface area contributed by atoms with Gasteiger partial charge in [0.05, 0.1) is 5.75 Å². The Morgan fingerprint density at radius 1 is 1.31 bits per heavy atom. The third-order valence-corrected chi connectivity index (χ3v) is 3.38. The minimum absolute atomic E-state index is 0.192. The van der Waals surface area contributed by atoms with Crippen LogP contribution in [0.25, 0.3) is 0 Å². The van der Waals surface area contributed by atoms with Gasteiger partial charge in [-0.25, -0.2) is 0 Å². The second kappa shape index (κ2) is 3.74. The molecular weight excluding hydrogens is 182 g/mol. The molecule has 0 aromatic rings. The van der Waals surface area contributed by atoms with E-state index in [2.05, 4.69) is 24.8 Å². The maximum absolute atomic E-state index is 11.4. The Bertz CT molecular complexity index is 223. The van der Waals surface area contributed by atoms with Crippen molar-refractivity contribution in [2.75, 3.05) is 18.8 Å². The predicted molar refractivity (Wildman–Crippen MR) is 55.8 cm³/mol. The number of hydrogen-bond acceptors (Lipinski definition) is 2. The smallest absolute Gasteiger partial charge is 0.232 e. The zero-order valence-electron chi connectivity index (χ0n) is 7.65. The van der Waals surface area contributed by atoms with Crippen LogP contribution in [0.2, 0.25) is 0 Å². The first kappa shape index (κ1) is 9.13. The third-order valence-electron chi connectivity index (χ3n) is 3.11. The molecule has 0 aromatic carbocycles. The molecule has 1 heterocycles. The number of thiol groups is 1. The topological polar surface area (TPSA) is 20.3 Å². The highest BCUT2D eigenvalue weighted by atomic mass is 32.1. The molecule has 0 saturated carbocycles. The molecule has 3 heteroatoms. The average Bonchev–Trinajstić information content (AvgIpc) is 2.59. The van der Waals surface area contributed by atoms with Crippen LogP contribution >= 0.6 is 12.6 Å². The molecule has 0 aromatic heterocycles. The van der Waals surface area contributed by atoms with Crippen LogP contribution in [-0.4, -0.2) is 29.6 Å². The van der Waals surface area contributed by atoms with E-state index in [-0.39, 0.29) is 5.91 Å². The monoisotopic (exact) mass is 197 g/mol. The van der Waals surface area contributed by atoms with E-state index in [1.807, 2.05) is 4.90 Å². The number of carbonyl (C=O) groups is 1. The van der Waals surface area contributed by atoms with Gasteiger partial charge in [0.1, 0.15) is 0 Å². The minimum atomic E-state index is 0.192. The van der Waals surface area contributed by atoms with Gasteiger partial charge in [-0.3, -0.25) is 4.79 Å². The molecule has 13 heavy (non-hydrogen) atoms. The van der Waals surface area contributed by atoms with Gasteiger partial charge in [-0.15, -0.1) is 0 Å². The van der Waals surface area contributed by atoms with Crippen LogP contribution < -0.4 is 0 Å². The number of nitrogens with zero attached hydrogens (tertiary/aromatic N) is 1. The lowest BCUT2D eigenvalue weighted by Crippen LogP contribution is -2.29. The van der Waals surface area contributed by atoms with Gasteiger partial charge in [0.2, 0.25) is 5.91 Å². The summed E-state index contributed by atoms with van der Waals surface area (Å²) in [6, 6.07) is 0. The zero-order valence-corrected chi connectivity index (χ0v) is 8.54. The van der Waals surface area contributed by atoms with E-state index in [0.29, 0.717) is 17.6 Å².